The van der Waals surface area contributed by atoms with Crippen molar-refractivity contribution in [3.8, 4) is 0 Å². The van der Waals surface area contributed by atoms with Crippen LogP contribution in [0.15, 0.2) is 36.5 Å². The van der Waals surface area contributed by atoms with Gasteiger partial charge in [-0.3, -0.25) is 14.4 Å². The number of carbonyl (C=O) groups excluding carboxylic acids is 3. The minimum atomic E-state index is -0.779. The standard InChI is InChI=1S/C62H114O6/c1-4-7-10-13-16-19-22-25-28-31-32-35-37-40-43-46-49-52-55-61(64)67-58-59(68-62(65)56-53-50-47-44-41-38-34-30-27-24-21-18-15-12-9-6-3)57-66-60(63)54-51-48-45-42-39-36-33-29-26-23-20-17-14-11-8-5-2/h21,24,28,30-31,34,59H,4-20,22-23,25-27,29,32-33,35-58H2,1-3H3/b24-21-,31-28-,34-30-. The fourth-order valence-electron chi connectivity index (χ4n) is 8.82. The summed E-state index contributed by atoms with van der Waals surface area (Å²) < 4.78 is 16.9. The molecule has 1 unspecified atom stereocenters. The highest BCUT2D eigenvalue weighted by atomic mass is 16.6. The van der Waals surface area contributed by atoms with Crippen LogP contribution in [-0.2, 0) is 28.6 Å². The van der Waals surface area contributed by atoms with Crippen molar-refractivity contribution in [3.63, 3.8) is 0 Å². The lowest BCUT2D eigenvalue weighted by molar-refractivity contribution is -0.167. The molecule has 0 aliphatic rings. The smallest absolute Gasteiger partial charge is 0.306 e. The van der Waals surface area contributed by atoms with Crippen molar-refractivity contribution in [3.05, 3.63) is 36.5 Å². The van der Waals surface area contributed by atoms with Gasteiger partial charge in [0.05, 0.1) is 0 Å². The third-order valence-electron chi connectivity index (χ3n) is 13.4. The second-order valence-electron chi connectivity index (χ2n) is 20.3. The van der Waals surface area contributed by atoms with E-state index in [0.29, 0.717) is 19.3 Å². The van der Waals surface area contributed by atoms with Crippen LogP contribution in [0.3, 0.4) is 0 Å². The summed E-state index contributed by atoms with van der Waals surface area (Å²) in [5.41, 5.74) is 0. The summed E-state index contributed by atoms with van der Waals surface area (Å²) in [7, 11) is 0. The molecule has 0 aliphatic carbocycles. The Morgan fingerprint density at radius 1 is 0.294 bits per heavy atom. The van der Waals surface area contributed by atoms with Crippen LogP contribution in [0, 0.1) is 0 Å². The third-order valence-corrected chi connectivity index (χ3v) is 13.4. The number of carbonyl (C=O) groups is 3. The quantitative estimate of drug-likeness (QED) is 0.0262. The van der Waals surface area contributed by atoms with E-state index in [4.69, 9.17) is 14.2 Å². The van der Waals surface area contributed by atoms with Crippen molar-refractivity contribution in [1.82, 2.24) is 0 Å². The minimum Gasteiger partial charge on any atom is -0.462 e. The number of ether oxygens (including phenoxy) is 3. The second kappa shape index (κ2) is 57.2. The Hall–Kier alpha value is -2.37. The molecule has 6 nitrogen and oxygen atoms in total. The van der Waals surface area contributed by atoms with Gasteiger partial charge in [0.1, 0.15) is 13.2 Å². The molecule has 0 aromatic heterocycles. The monoisotopic (exact) mass is 955 g/mol. The van der Waals surface area contributed by atoms with Crippen molar-refractivity contribution < 1.29 is 28.6 Å². The SMILES string of the molecule is CCCCCC/C=C\C/C=C\CCCCCCCC(=O)OC(COC(=O)CCCCCCCCC/C=C\CCCCCCCCC)COC(=O)CCCCCCCCCCCCCCCCCC. The lowest BCUT2D eigenvalue weighted by Crippen LogP contribution is -2.30. The largest absolute Gasteiger partial charge is 0.462 e. The van der Waals surface area contributed by atoms with Gasteiger partial charge in [-0.15, -0.1) is 0 Å². The van der Waals surface area contributed by atoms with E-state index < -0.39 is 6.10 Å². The Balaban J connectivity index is 4.36. The molecular formula is C62H114O6. The lowest BCUT2D eigenvalue weighted by Gasteiger charge is -2.18. The zero-order valence-corrected chi connectivity index (χ0v) is 45.6. The van der Waals surface area contributed by atoms with Crippen LogP contribution in [0.5, 0.6) is 0 Å². The third kappa shape index (κ3) is 54.6. The molecule has 0 fully saturated rings. The van der Waals surface area contributed by atoms with Gasteiger partial charge >= 0.3 is 17.9 Å². The average Bonchev–Trinajstić information content (AvgIpc) is 3.34. The molecule has 0 rings (SSSR count). The maximum atomic E-state index is 12.9. The van der Waals surface area contributed by atoms with Gasteiger partial charge < -0.3 is 14.2 Å². The first kappa shape index (κ1) is 65.6. The van der Waals surface area contributed by atoms with E-state index in [9.17, 15) is 14.4 Å². The number of rotatable bonds is 55. The van der Waals surface area contributed by atoms with Crippen LogP contribution in [-0.4, -0.2) is 37.2 Å². The summed E-state index contributed by atoms with van der Waals surface area (Å²) in [6, 6.07) is 0. The molecular weight excluding hydrogens is 841 g/mol. The van der Waals surface area contributed by atoms with E-state index in [-0.39, 0.29) is 31.1 Å². The Morgan fingerprint density at radius 3 is 0.838 bits per heavy atom. The molecule has 6 heteroatoms. The number of hydrogen-bond donors (Lipinski definition) is 0. The van der Waals surface area contributed by atoms with E-state index in [1.807, 2.05) is 0 Å². The highest BCUT2D eigenvalue weighted by Crippen LogP contribution is 2.16. The minimum absolute atomic E-state index is 0.0754. The first-order chi connectivity index (χ1) is 33.5. The van der Waals surface area contributed by atoms with Crippen LogP contribution >= 0.6 is 0 Å². The van der Waals surface area contributed by atoms with Crippen LogP contribution in [0.4, 0.5) is 0 Å². The summed E-state index contributed by atoms with van der Waals surface area (Å²) in [5.74, 6) is -0.874. The van der Waals surface area contributed by atoms with Crippen LogP contribution in [0.2, 0.25) is 0 Å². The molecule has 0 bridgehead atoms. The van der Waals surface area contributed by atoms with E-state index in [1.54, 1.807) is 0 Å². The van der Waals surface area contributed by atoms with Crippen LogP contribution in [0.25, 0.3) is 0 Å². The number of unbranched alkanes of at least 4 members (excludes halogenated alkanes) is 38. The van der Waals surface area contributed by atoms with Gasteiger partial charge in [0.2, 0.25) is 0 Å². The Bertz CT molecular complexity index is 1140. The van der Waals surface area contributed by atoms with Gasteiger partial charge in [0, 0.05) is 19.3 Å². The van der Waals surface area contributed by atoms with Gasteiger partial charge in [-0.25, -0.2) is 0 Å². The molecule has 0 aromatic carbocycles. The zero-order chi connectivity index (χ0) is 49.3. The van der Waals surface area contributed by atoms with Crippen LogP contribution < -0.4 is 0 Å². The molecule has 0 spiro atoms. The number of hydrogen-bond acceptors (Lipinski definition) is 6. The van der Waals surface area contributed by atoms with Crippen molar-refractivity contribution in [1.29, 1.82) is 0 Å². The van der Waals surface area contributed by atoms with Gasteiger partial charge in [0.25, 0.3) is 0 Å². The van der Waals surface area contributed by atoms with E-state index in [0.717, 1.165) is 83.5 Å². The summed E-state index contributed by atoms with van der Waals surface area (Å²) in [6.07, 6.45) is 68.5. The molecule has 0 N–H and O–H groups in total. The van der Waals surface area contributed by atoms with Crippen molar-refractivity contribution in [2.75, 3.05) is 13.2 Å². The highest BCUT2D eigenvalue weighted by molar-refractivity contribution is 5.71. The number of esters is 3. The fraction of sp³-hybridized carbons (Fsp3) is 0.855. The second-order valence-corrected chi connectivity index (χ2v) is 20.3. The average molecular weight is 956 g/mol. The topological polar surface area (TPSA) is 78.9 Å². The van der Waals surface area contributed by atoms with Gasteiger partial charge in [-0.1, -0.05) is 263 Å². The first-order valence-electron chi connectivity index (χ1n) is 30.0. The summed E-state index contributed by atoms with van der Waals surface area (Å²) in [6.45, 7) is 6.65. The molecule has 0 heterocycles. The number of allylic oxidation sites excluding steroid dienone is 6. The van der Waals surface area contributed by atoms with Gasteiger partial charge in [-0.2, -0.15) is 0 Å². The maximum Gasteiger partial charge on any atom is 0.306 e. The molecule has 398 valence electrons. The molecule has 1 atom stereocenters. The van der Waals surface area contributed by atoms with E-state index in [1.165, 1.54) is 199 Å². The lowest BCUT2D eigenvalue weighted by atomic mass is 10.0. The molecule has 0 saturated heterocycles. The fourth-order valence-corrected chi connectivity index (χ4v) is 8.82. The van der Waals surface area contributed by atoms with Gasteiger partial charge in [-0.05, 0) is 77.0 Å². The Labute approximate surface area is 423 Å². The summed E-state index contributed by atoms with van der Waals surface area (Å²) in [5, 5.41) is 0. The first-order valence-corrected chi connectivity index (χ1v) is 30.0. The molecule has 0 amide bonds. The molecule has 68 heavy (non-hydrogen) atoms. The van der Waals surface area contributed by atoms with E-state index in [2.05, 4.69) is 57.2 Å². The normalized spacial score (nSPS) is 12.2. The van der Waals surface area contributed by atoms with E-state index >= 15 is 0 Å². The zero-order valence-electron chi connectivity index (χ0n) is 45.6. The van der Waals surface area contributed by atoms with Crippen molar-refractivity contribution in [2.24, 2.45) is 0 Å². The molecule has 0 radical (unpaired) electrons. The summed E-state index contributed by atoms with van der Waals surface area (Å²) in [4.78, 5) is 38.2. The molecule has 0 saturated carbocycles. The Kier molecular flexibility index (Phi) is 55.2. The Morgan fingerprint density at radius 2 is 0.529 bits per heavy atom. The van der Waals surface area contributed by atoms with Gasteiger partial charge in [0.15, 0.2) is 6.10 Å². The predicted octanol–water partition coefficient (Wildman–Crippen LogP) is 20.0. The maximum absolute atomic E-state index is 12.9. The molecule has 0 aliphatic heterocycles. The van der Waals surface area contributed by atoms with Crippen molar-refractivity contribution in [2.45, 2.75) is 329 Å². The van der Waals surface area contributed by atoms with Crippen LogP contribution in [0.1, 0.15) is 323 Å². The molecule has 0 aromatic rings. The summed E-state index contributed by atoms with van der Waals surface area (Å²) >= 11 is 0. The van der Waals surface area contributed by atoms with Crippen molar-refractivity contribution >= 4 is 17.9 Å². The predicted molar refractivity (Wildman–Crippen MR) is 293 cm³/mol. The highest BCUT2D eigenvalue weighted by Gasteiger charge is 2.19.